The second-order valence-electron chi connectivity index (χ2n) is 4.64. The van der Waals surface area contributed by atoms with Gasteiger partial charge < -0.3 is 14.6 Å². The molecule has 17 heavy (non-hydrogen) atoms. The maximum absolute atomic E-state index is 8.98. The van der Waals surface area contributed by atoms with Crippen molar-refractivity contribution in [3.63, 3.8) is 0 Å². The largest absolute Gasteiger partial charge is 0.410 e. The molecule has 0 fully saturated rings. The van der Waals surface area contributed by atoms with Crippen molar-refractivity contribution in [2.75, 3.05) is 13.2 Å². The lowest BCUT2D eigenvalue weighted by atomic mass is 10.2. The average molecular weight is 254 g/mol. The van der Waals surface area contributed by atoms with E-state index in [2.05, 4.69) is 25.2 Å². The maximum Gasteiger partial charge on any atom is 0.218 e. The van der Waals surface area contributed by atoms with Gasteiger partial charge in [-0.1, -0.05) is 30.3 Å². The zero-order chi connectivity index (χ0) is 12.7. The van der Waals surface area contributed by atoms with Gasteiger partial charge >= 0.3 is 0 Å². The summed E-state index contributed by atoms with van der Waals surface area (Å²) in [5.74, 6) is 0. The molecule has 0 saturated carbocycles. The molecule has 4 heteroatoms. The SMILES string of the molecule is C[Si](C)(OC(CCO)CCO)c1ccccc1. The molecule has 1 aromatic carbocycles. The van der Waals surface area contributed by atoms with Crippen LogP contribution in [0.15, 0.2) is 30.3 Å². The first-order valence-electron chi connectivity index (χ1n) is 6.05. The molecule has 0 unspecified atom stereocenters. The summed E-state index contributed by atoms with van der Waals surface area (Å²) in [5.41, 5.74) is 0. The highest BCUT2D eigenvalue weighted by Gasteiger charge is 2.28. The Morgan fingerprint density at radius 3 is 2.06 bits per heavy atom. The molecular formula is C13H22O3Si. The molecule has 0 aromatic heterocycles. The van der Waals surface area contributed by atoms with Crippen LogP contribution in [-0.4, -0.2) is 37.8 Å². The molecule has 0 radical (unpaired) electrons. The molecule has 0 aliphatic heterocycles. The van der Waals surface area contributed by atoms with E-state index in [4.69, 9.17) is 14.6 Å². The van der Waals surface area contributed by atoms with Gasteiger partial charge in [0.25, 0.3) is 0 Å². The summed E-state index contributed by atoms with van der Waals surface area (Å²) in [6.07, 6.45) is 1.13. The fraction of sp³-hybridized carbons (Fsp3) is 0.538. The summed E-state index contributed by atoms with van der Waals surface area (Å²) in [6, 6.07) is 10.2. The third-order valence-electron chi connectivity index (χ3n) is 2.83. The van der Waals surface area contributed by atoms with Crippen LogP contribution >= 0.6 is 0 Å². The number of aliphatic hydroxyl groups excluding tert-OH is 2. The summed E-state index contributed by atoms with van der Waals surface area (Å²) in [6.45, 7) is 4.49. The van der Waals surface area contributed by atoms with Crippen molar-refractivity contribution in [3.05, 3.63) is 30.3 Å². The van der Waals surface area contributed by atoms with Gasteiger partial charge in [0.1, 0.15) is 0 Å². The van der Waals surface area contributed by atoms with Gasteiger partial charge in [-0.2, -0.15) is 0 Å². The normalized spacial score (nSPS) is 12.1. The molecule has 2 N–H and O–H groups in total. The van der Waals surface area contributed by atoms with Crippen LogP contribution in [0.2, 0.25) is 13.1 Å². The molecule has 96 valence electrons. The van der Waals surface area contributed by atoms with Crippen LogP contribution in [0.25, 0.3) is 0 Å². The Hall–Kier alpha value is -0.683. The number of hydrogen-bond donors (Lipinski definition) is 2. The molecular weight excluding hydrogens is 232 g/mol. The summed E-state index contributed by atoms with van der Waals surface area (Å²) >= 11 is 0. The highest BCUT2D eigenvalue weighted by Crippen LogP contribution is 2.13. The van der Waals surface area contributed by atoms with Crippen molar-refractivity contribution in [2.24, 2.45) is 0 Å². The third-order valence-corrected chi connectivity index (χ3v) is 5.48. The van der Waals surface area contributed by atoms with E-state index in [0.29, 0.717) is 12.8 Å². The standard InChI is InChI=1S/C13H22O3Si/c1-17(2,13-6-4-3-5-7-13)16-12(8-10-14)9-11-15/h3-7,12,14-15H,8-11H2,1-2H3. The van der Waals surface area contributed by atoms with Crippen LogP contribution in [0.3, 0.4) is 0 Å². The van der Waals surface area contributed by atoms with Gasteiger partial charge in [0.05, 0.1) is 0 Å². The van der Waals surface area contributed by atoms with Gasteiger partial charge in [0.2, 0.25) is 8.32 Å². The fourth-order valence-corrected chi connectivity index (χ4v) is 4.07. The number of hydrogen-bond acceptors (Lipinski definition) is 3. The summed E-state index contributed by atoms with van der Waals surface area (Å²) in [4.78, 5) is 0. The van der Waals surface area contributed by atoms with Crippen molar-refractivity contribution < 1.29 is 14.6 Å². The molecule has 0 bridgehead atoms. The maximum atomic E-state index is 8.98. The highest BCUT2D eigenvalue weighted by molar-refractivity contribution is 6.84. The van der Waals surface area contributed by atoms with Gasteiger partial charge in [0, 0.05) is 19.3 Å². The van der Waals surface area contributed by atoms with Crippen LogP contribution in [0.4, 0.5) is 0 Å². The Kier molecular flexibility index (Phi) is 5.84. The fourth-order valence-electron chi connectivity index (χ4n) is 1.87. The lowest BCUT2D eigenvalue weighted by molar-refractivity contribution is 0.119. The van der Waals surface area contributed by atoms with Crippen LogP contribution < -0.4 is 5.19 Å². The Bertz CT molecular complexity index is 308. The monoisotopic (exact) mass is 254 g/mol. The van der Waals surface area contributed by atoms with E-state index in [1.165, 1.54) is 5.19 Å². The van der Waals surface area contributed by atoms with Gasteiger partial charge in [-0.05, 0) is 31.1 Å². The second kappa shape index (κ2) is 6.91. The van der Waals surface area contributed by atoms with Crippen LogP contribution in [-0.2, 0) is 4.43 Å². The molecule has 0 amide bonds. The molecule has 0 aliphatic rings. The lowest BCUT2D eigenvalue weighted by Crippen LogP contribution is -2.47. The first-order valence-corrected chi connectivity index (χ1v) is 8.96. The van der Waals surface area contributed by atoms with Crippen LogP contribution in [0, 0.1) is 0 Å². The van der Waals surface area contributed by atoms with E-state index < -0.39 is 8.32 Å². The van der Waals surface area contributed by atoms with Crippen molar-refractivity contribution in [1.29, 1.82) is 0 Å². The molecule has 0 heterocycles. The predicted molar refractivity (Wildman–Crippen MR) is 71.8 cm³/mol. The number of benzene rings is 1. The Morgan fingerprint density at radius 1 is 1.06 bits per heavy atom. The van der Waals surface area contributed by atoms with Gasteiger partial charge in [-0.15, -0.1) is 0 Å². The third kappa shape index (κ3) is 4.59. The van der Waals surface area contributed by atoms with E-state index >= 15 is 0 Å². The minimum Gasteiger partial charge on any atom is -0.410 e. The van der Waals surface area contributed by atoms with Gasteiger partial charge in [-0.25, -0.2) is 0 Å². The summed E-state index contributed by atoms with van der Waals surface area (Å²) in [5, 5.41) is 19.2. The Labute approximate surface area is 104 Å². The summed E-state index contributed by atoms with van der Waals surface area (Å²) < 4.78 is 6.12. The smallest absolute Gasteiger partial charge is 0.218 e. The zero-order valence-corrected chi connectivity index (χ0v) is 11.6. The Morgan fingerprint density at radius 2 is 1.59 bits per heavy atom. The topological polar surface area (TPSA) is 49.7 Å². The second-order valence-corrected chi connectivity index (χ2v) is 8.47. The summed E-state index contributed by atoms with van der Waals surface area (Å²) in [7, 11) is -1.94. The van der Waals surface area contributed by atoms with Crippen LogP contribution in [0.1, 0.15) is 12.8 Å². The van der Waals surface area contributed by atoms with Crippen molar-refractivity contribution in [1.82, 2.24) is 0 Å². The Balaban J connectivity index is 2.69. The zero-order valence-electron chi connectivity index (χ0n) is 10.6. The first kappa shape index (κ1) is 14.4. The minimum absolute atomic E-state index is 0.0492. The molecule has 0 saturated heterocycles. The van der Waals surface area contributed by atoms with Gasteiger partial charge in [-0.3, -0.25) is 0 Å². The van der Waals surface area contributed by atoms with E-state index in [0.717, 1.165) is 0 Å². The van der Waals surface area contributed by atoms with E-state index in [1.54, 1.807) is 0 Å². The molecule has 3 nitrogen and oxygen atoms in total. The average Bonchev–Trinajstić information content (AvgIpc) is 2.30. The molecule has 1 rings (SSSR count). The predicted octanol–water partition coefficient (Wildman–Crippen LogP) is 1.25. The number of rotatable bonds is 7. The highest BCUT2D eigenvalue weighted by atomic mass is 28.4. The van der Waals surface area contributed by atoms with Crippen molar-refractivity contribution in [2.45, 2.75) is 32.0 Å². The van der Waals surface area contributed by atoms with Crippen LogP contribution in [0.5, 0.6) is 0 Å². The molecule has 1 aromatic rings. The lowest BCUT2D eigenvalue weighted by Gasteiger charge is -2.29. The van der Waals surface area contributed by atoms with Gasteiger partial charge in [0.15, 0.2) is 0 Å². The molecule has 0 spiro atoms. The molecule has 0 aliphatic carbocycles. The van der Waals surface area contributed by atoms with Crippen molar-refractivity contribution >= 4 is 13.5 Å². The van der Waals surface area contributed by atoms with E-state index in [-0.39, 0.29) is 19.3 Å². The number of aliphatic hydroxyl groups is 2. The van der Waals surface area contributed by atoms with E-state index in [1.807, 2.05) is 18.2 Å². The minimum atomic E-state index is -1.94. The molecule has 0 atom stereocenters. The van der Waals surface area contributed by atoms with E-state index in [9.17, 15) is 0 Å². The first-order chi connectivity index (χ1) is 8.10. The van der Waals surface area contributed by atoms with Crippen molar-refractivity contribution in [3.8, 4) is 0 Å². The quantitative estimate of drug-likeness (QED) is 0.720.